The van der Waals surface area contributed by atoms with E-state index in [1.807, 2.05) is 0 Å². The quantitative estimate of drug-likeness (QED) is 0.505. The highest BCUT2D eigenvalue weighted by Gasteiger charge is 2.13. The Morgan fingerprint density at radius 2 is 1.75 bits per heavy atom. The highest BCUT2D eigenvalue weighted by Crippen LogP contribution is 2.21. The molecule has 1 aromatic rings. The van der Waals surface area contributed by atoms with Gasteiger partial charge in [-0.2, -0.15) is 0 Å². The van der Waals surface area contributed by atoms with Crippen LogP contribution in [0.3, 0.4) is 0 Å². The number of hydrogen-bond donors (Lipinski definition) is 0. The van der Waals surface area contributed by atoms with E-state index in [4.69, 9.17) is 0 Å². The molecular weight excluding hydrogens is 143 g/mol. The van der Waals surface area contributed by atoms with E-state index in [0.717, 1.165) is 0 Å². The van der Waals surface area contributed by atoms with Gasteiger partial charge in [-0.1, -0.05) is 50.0 Å². The molecular formula is C11H17B. The van der Waals surface area contributed by atoms with Crippen molar-refractivity contribution in [2.75, 3.05) is 0 Å². The molecule has 0 aliphatic heterocycles. The molecule has 0 unspecified atom stereocenters. The van der Waals surface area contributed by atoms with Crippen LogP contribution in [0.15, 0.2) is 18.2 Å². The maximum Gasteiger partial charge on any atom is 0.139 e. The molecule has 0 aromatic heterocycles. The molecule has 0 heterocycles. The molecule has 1 heteroatoms. The zero-order valence-electron chi connectivity index (χ0n) is 8.73. The van der Waals surface area contributed by atoms with Crippen molar-refractivity contribution in [1.29, 1.82) is 0 Å². The lowest BCUT2D eigenvalue weighted by Gasteiger charge is -2.20. The Kier molecular flexibility index (Phi) is 2.32. The van der Waals surface area contributed by atoms with Crippen molar-refractivity contribution in [2.45, 2.75) is 33.1 Å². The van der Waals surface area contributed by atoms with Crippen LogP contribution in [0.4, 0.5) is 0 Å². The van der Waals surface area contributed by atoms with E-state index in [1.54, 1.807) is 0 Å². The lowest BCUT2D eigenvalue weighted by atomic mass is 9.82. The molecule has 0 nitrogen and oxygen atoms in total. The molecule has 0 saturated carbocycles. The minimum Gasteiger partial charge on any atom is -0.0861 e. The average Bonchev–Trinajstić information content (AvgIpc) is 1.92. The minimum atomic E-state index is 0.276. The number of aryl methyl sites for hydroxylation is 1. The van der Waals surface area contributed by atoms with Gasteiger partial charge in [0, 0.05) is 0 Å². The lowest BCUT2D eigenvalue weighted by Crippen LogP contribution is -2.15. The maximum atomic E-state index is 2.29. The van der Waals surface area contributed by atoms with Crippen LogP contribution in [0.2, 0.25) is 0 Å². The summed E-state index contributed by atoms with van der Waals surface area (Å²) in [6.45, 7) is 8.91. The summed E-state index contributed by atoms with van der Waals surface area (Å²) in [6.07, 6.45) is 0. The van der Waals surface area contributed by atoms with Crippen LogP contribution in [-0.4, -0.2) is 7.85 Å². The van der Waals surface area contributed by atoms with Gasteiger partial charge in [-0.25, -0.2) is 0 Å². The predicted octanol–water partition coefficient (Wildman–Crippen LogP) is 1.55. The Labute approximate surface area is 76.4 Å². The standard InChI is InChI=1S/C11H17B/c1-8-7-9(11(2,3)4)5-6-10(8)12/h5-7H,12H2,1-4H3. The summed E-state index contributed by atoms with van der Waals surface area (Å²) < 4.78 is 0. The second-order valence-corrected chi connectivity index (χ2v) is 4.55. The van der Waals surface area contributed by atoms with E-state index in [9.17, 15) is 0 Å². The summed E-state index contributed by atoms with van der Waals surface area (Å²) in [5, 5.41) is 0. The molecule has 1 rings (SSSR count). The summed E-state index contributed by atoms with van der Waals surface area (Å²) in [6, 6.07) is 6.72. The number of benzene rings is 1. The summed E-state index contributed by atoms with van der Waals surface area (Å²) in [4.78, 5) is 0. The highest BCUT2D eigenvalue weighted by molar-refractivity contribution is 6.33. The molecule has 0 fully saturated rings. The van der Waals surface area contributed by atoms with Crippen molar-refractivity contribution in [1.82, 2.24) is 0 Å². The maximum absolute atomic E-state index is 2.29. The van der Waals surface area contributed by atoms with Gasteiger partial charge in [0.25, 0.3) is 0 Å². The molecule has 0 spiro atoms. The summed E-state index contributed by atoms with van der Waals surface area (Å²) in [5.74, 6) is 0. The van der Waals surface area contributed by atoms with Crippen LogP contribution in [-0.2, 0) is 5.41 Å². The zero-order valence-corrected chi connectivity index (χ0v) is 8.73. The fourth-order valence-electron chi connectivity index (χ4n) is 1.21. The monoisotopic (exact) mass is 160 g/mol. The van der Waals surface area contributed by atoms with Gasteiger partial charge in [0.1, 0.15) is 7.85 Å². The van der Waals surface area contributed by atoms with E-state index in [-0.39, 0.29) is 5.41 Å². The third-order valence-corrected chi connectivity index (χ3v) is 2.37. The smallest absolute Gasteiger partial charge is 0.0861 e. The van der Waals surface area contributed by atoms with Crippen molar-refractivity contribution >= 4 is 13.3 Å². The van der Waals surface area contributed by atoms with Gasteiger partial charge in [-0.3, -0.25) is 0 Å². The molecule has 12 heavy (non-hydrogen) atoms. The molecule has 0 saturated heterocycles. The summed E-state index contributed by atoms with van der Waals surface area (Å²) in [7, 11) is 2.15. The first kappa shape index (κ1) is 9.37. The fourth-order valence-corrected chi connectivity index (χ4v) is 1.21. The first-order chi connectivity index (χ1) is 5.41. The van der Waals surface area contributed by atoms with Gasteiger partial charge in [-0.05, 0) is 17.9 Å². The van der Waals surface area contributed by atoms with Crippen LogP contribution in [0.25, 0.3) is 0 Å². The number of hydrogen-bond acceptors (Lipinski definition) is 0. The summed E-state index contributed by atoms with van der Waals surface area (Å²) >= 11 is 0. The molecule has 0 atom stereocenters. The van der Waals surface area contributed by atoms with Gasteiger partial charge in [0.05, 0.1) is 0 Å². The van der Waals surface area contributed by atoms with Crippen LogP contribution < -0.4 is 5.46 Å². The Balaban J connectivity index is 3.14. The van der Waals surface area contributed by atoms with E-state index in [1.165, 1.54) is 16.6 Å². The normalized spacial score (nSPS) is 11.7. The van der Waals surface area contributed by atoms with E-state index >= 15 is 0 Å². The van der Waals surface area contributed by atoms with Gasteiger partial charge in [-0.15, -0.1) is 0 Å². The predicted molar refractivity (Wildman–Crippen MR) is 58.1 cm³/mol. The number of rotatable bonds is 0. The lowest BCUT2D eigenvalue weighted by molar-refractivity contribution is 0.590. The van der Waals surface area contributed by atoms with Crippen molar-refractivity contribution in [3.63, 3.8) is 0 Å². The highest BCUT2D eigenvalue weighted by atomic mass is 14.2. The van der Waals surface area contributed by atoms with Crippen molar-refractivity contribution in [2.24, 2.45) is 0 Å². The molecule has 0 aliphatic rings. The van der Waals surface area contributed by atoms with Gasteiger partial charge in [0.15, 0.2) is 0 Å². The van der Waals surface area contributed by atoms with Gasteiger partial charge < -0.3 is 0 Å². The van der Waals surface area contributed by atoms with Crippen molar-refractivity contribution in [3.8, 4) is 0 Å². The fraction of sp³-hybridized carbons (Fsp3) is 0.455. The SMILES string of the molecule is Bc1ccc(C(C)(C)C)cc1C. The summed E-state index contributed by atoms with van der Waals surface area (Å²) in [5.41, 5.74) is 4.47. The molecule has 0 bridgehead atoms. The average molecular weight is 160 g/mol. The second-order valence-electron chi connectivity index (χ2n) is 4.55. The van der Waals surface area contributed by atoms with Gasteiger partial charge >= 0.3 is 0 Å². The third-order valence-electron chi connectivity index (χ3n) is 2.37. The Morgan fingerprint density at radius 1 is 1.17 bits per heavy atom. The first-order valence-corrected chi connectivity index (χ1v) is 4.49. The van der Waals surface area contributed by atoms with Crippen LogP contribution >= 0.6 is 0 Å². The third kappa shape index (κ3) is 1.91. The van der Waals surface area contributed by atoms with E-state index in [0.29, 0.717) is 0 Å². The van der Waals surface area contributed by atoms with Crippen LogP contribution in [0.1, 0.15) is 31.9 Å². The van der Waals surface area contributed by atoms with Crippen LogP contribution in [0.5, 0.6) is 0 Å². The zero-order chi connectivity index (χ0) is 9.35. The van der Waals surface area contributed by atoms with Crippen molar-refractivity contribution in [3.05, 3.63) is 29.3 Å². The molecule has 0 amide bonds. The Morgan fingerprint density at radius 3 is 2.17 bits per heavy atom. The molecule has 0 aliphatic carbocycles. The van der Waals surface area contributed by atoms with Crippen LogP contribution in [0, 0.1) is 6.92 Å². The molecule has 64 valence electrons. The first-order valence-electron chi connectivity index (χ1n) is 4.49. The van der Waals surface area contributed by atoms with Gasteiger partial charge in [0.2, 0.25) is 0 Å². The van der Waals surface area contributed by atoms with E-state index < -0.39 is 0 Å². The minimum absolute atomic E-state index is 0.276. The van der Waals surface area contributed by atoms with Crippen molar-refractivity contribution < 1.29 is 0 Å². The molecule has 0 N–H and O–H groups in total. The molecule has 1 aromatic carbocycles. The Hall–Kier alpha value is -0.715. The Bertz CT molecular complexity index is 282. The topological polar surface area (TPSA) is 0 Å². The largest absolute Gasteiger partial charge is 0.139 e. The van der Waals surface area contributed by atoms with E-state index in [2.05, 4.69) is 53.7 Å². The second kappa shape index (κ2) is 2.97. The molecule has 0 radical (unpaired) electrons.